The molecule has 1 aromatic carbocycles. The lowest BCUT2D eigenvalue weighted by molar-refractivity contribution is -0.714. The van der Waals surface area contributed by atoms with Crippen molar-refractivity contribution in [3.8, 4) is 0 Å². The van der Waals surface area contributed by atoms with Crippen LogP contribution in [-0.2, 0) is 4.39 Å². The Morgan fingerprint density at radius 3 is 1.94 bits per heavy atom. The van der Waals surface area contributed by atoms with Gasteiger partial charge in [-0.25, -0.2) is 0 Å². The standard InChI is InChI=1S/C6H3FN2O4.ClNO3/c7-5-2-1-4(8(10)11)3-6(5)9(12)13;1-5-2(3)4/h1-3H;. The Morgan fingerprint density at radius 2 is 1.61 bits per heavy atom. The molecule has 18 heavy (non-hydrogen) atoms. The van der Waals surface area contributed by atoms with Crippen molar-refractivity contribution in [2.75, 3.05) is 0 Å². The minimum absolute atomic E-state index is 0.506. The van der Waals surface area contributed by atoms with Gasteiger partial charge in [0.25, 0.3) is 5.69 Å². The van der Waals surface area contributed by atoms with Crippen LogP contribution < -0.4 is 0 Å². The molecule has 0 saturated carbocycles. The van der Waals surface area contributed by atoms with Crippen LogP contribution in [0.4, 0.5) is 15.8 Å². The molecule has 0 fully saturated rings. The number of nitro benzene ring substituents is 2. The number of hydrogen-bond acceptors (Lipinski definition) is 7. The van der Waals surface area contributed by atoms with Crippen LogP contribution in [0.3, 0.4) is 0 Å². The predicted molar refractivity (Wildman–Crippen MR) is 53.6 cm³/mol. The van der Waals surface area contributed by atoms with Gasteiger partial charge in [-0.05, 0) is 6.07 Å². The molecule has 12 heteroatoms. The van der Waals surface area contributed by atoms with E-state index >= 15 is 0 Å². The lowest BCUT2D eigenvalue weighted by Crippen LogP contribution is -1.95. The monoisotopic (exact) mass is 283 g/mol. The first kappa shape index (κ1) is 15.4. The first-order chi connectivity index (χ1) is 8.29. The van der Waals surface area contributed by atoms with Gasteiger partial charge in [0.1, 0.15) is 11.9 Å². The summed E-state index contributed by atoms with van der Waals surface area (Å²) in [6, 6.07) is 2.13. The van der Waals surface area contributed by atoms with Crippen molar-refractivity contribution in [2.45, 2.75) is 0 Å². The van der Waals surface area contributed by atoms with E-state index in [0.29, 0.717) is 12.1 Å². The van der Waals surface area contributed by atoms with Crippen LogP contribution in [0.1, 0.15) is 0 Å². The van der Waals surface area contributed by atoms with Crippen LogP contribution in [0.2, 0.25) is 0 Å². The summed E-state index contributed by atoms with van der Waals surface area (Å²) in [6.45, 7) is 0. The van der Waals surface area contributed by atoms with E-state index in [2.05, 4.69) is 16.3 Å². The lowest BCUT2D eigenvalue weighted by Gasteiger charge is -1.93. The molecule has 0 aliphatic carbocycles. The Hall–Kier alpha value is -2.56. The fourth-order valence-electron chi connectivity index (χ4n) is 0.755. The molecule has 0 unspecified atom stereocenters. The maximum absolute atomic E-state index is 12.6. The Labute approximate surface area is 102 Å². The normalized spacial score (nSPS) is 8.78. The molecule has 0 bridgehead atoms. The molecule has 0 aromatic heterocycles. The van der Waals surface area contributed by atoms with E-state index in [1.54, 1.807) is 0 Å². The minimum Gasteiger partial charge on any atom is -0.258 e. The summed E-state index contributed by atoms with van der Waals surface area (Å²) in [4.78, 5) is 27.3. The highest BCUT2D eigenvalue weighted by Crippen LogP contribution is 2.22. The first-order valence-electron chi connectivity index (χ1n) is 3.81. The summed E-state index contributed by atoms with van der Waals surface area (Å²) in [5.74, 6) is -1.09. The number of nitro groups is 2. The number of nitrogens with zero attached hydrogens (tertiary/aromatic N) is 3. The fourth-order valence-corrected chi connectivity index (χ4v) is 0.755. The van der Waals surface area contributed by atoms with Gasteiger partial charge in [0.05, 0.1) is 15.9 Å². The van der Waals surface area contributed by atoms with E-state index in [0.717, 1.165) is 6.07 Å². The molecule has 0 spiro atoms. The average Bonchev–Trinajstić information content (AvgIpc) is 2.29. The smallest absolute Gasteiger partial charge is 0.258 e. The Morgan fingerprint density at radius 1 is 1.11 bits per heavy atom. The summed E-state index contributed by atoms with van der Waals surface area (Å²) in [5, 5.41) is 28.0. The summed E-state index contributed by atoms with van der Waals surface area (Å²) < 4.78 is 15.6. The van der Waals surface area contributed by atoms with Crippen molar-refractivity contribution in [1.82, 2.24) is 0 Å². The van der Waals surface area contributed by atoms with Gasteiger partial charge in [0.15, 0.2) is 0 Å². The second kappa shape index (κ2) is 6.90. The molecule has 0 aliphatic rings. The van der Waals surface area contributed by atoms with Gasteiger partial charge in [-0.3, -0.25) is 20.2 Å². The highest BCUT2D eigenvalue weighted by molar-refractivity contribution is 6.06. The molecule has 1 rings (SSSR count). The molecule has 0 heterocycles. The van der Waals surface area contributed by atoms with E-state index in [9.17, 15) is 24.6 Å². The van der Waals surface area contributed by atoms with Gasteiger partial charge in [0, 0.05) is 6.07 Å². The van der Waals surface area contributed by atoms with Gasteiger partial charge < -0.3 is 0 Å². The van der Waals surface area contributed by atoms with Crippen LogP contribution in [0.15, 0.2) is 18.2 Å². The number of benzene rings is 1. The minimum atomic E-state index is -1.11. The highest BCUT2D eigenvalue weighted by atomic mass is 35.5. The zero-order valence-electron chi connectivity index (χ0n) is 8.19. The number of hydrogen-bond donors (Lipinski definition) is 0. The van der Waals surface area contributed by atoms with Crippen molar-refractivity contribution in [2.24, 2.45) is 0 Å². The third-order valence-corrected chi connectivity index (χ3v) is 1.51. The van der Waals surface area contributed by atoms with Gasteiger partial charge in [-0.1, -0.05) is 0 Å². The SMILES string of the molecule is O=[N+]([O-])OCl.O=[N+]([O-])c1ccc(F)c([N+](=O)[O-])c1. The maximum atomic E-state index is 12.6. The van der Waals surface area contributed by atoms with E-state index in [-0.39, 0.29) is 0 Å². The first-order valence-corrected chi connectivity index (χ1v) is 4.12. The van der Waals surface area contributed by atoms with Crippen molar-refractivity contribution >= 4 is 23.2 Å². The largest absolute Gasteiger partial charge is 0.311 e. The van der Waals surface area contributed by atoms with Crippen LogP contribution in [-0.4, -0.2) is 14.9 Å². The molecular formula is C6H3ClFN3O7. The molecule has 98 valence electrons. The fraction of sp³-hybridized carbons (Fsp3) is 0. The molecule has 1 aromatic rings. The Kier molecular flexibility index (Phi) is 5.92. The second-order valence-corrected chi connectivity index (χ2v) is 2.58. The van der Waals surface area contributed by atoms with Crippen molar-refractivity contribution < 1.29 is 23.7 Å². The lowest BCUT2D eigenvalue weighted by atomic mass is 10.3. The van der Waals surface area contributed by atoms with Gasteiger partial charge in [-0.15, -0.1) is 10.1 Å². The van der Waals surface area contributed by atoms with Crippen LogP contribution >= 0.6 is 11.9 Å². The summed E-state index contributed by atoms with van der Waals surface area (Å²) >= 11 is 4.14. The van der Waals surface area contributed by atoms with E-state index in [4.69, 9.17) is 10.1 Å². The third-order valence-electron chi connectivity index (χ3n) is 1.39. The van der Waals surface area contributed by atoms with E-state index in [1.807, 2.05) is 0 Å². The quantitative estimate of drug-likeness (QED) is 0.610. The van der Waals surface area contributed by atoms with Crippen molar-refractivity contribution in [3.05, 3.63) is 54.4 Å². The predicted octanol–water partition coefficient (Wildman–Crippen LogP) is 1.99. The molecular weight excluding hydrogens is 281 g/mol. The molecule has 0 atom stereocenters. The zero-order valence-corrected chi connectivity index (χ0v) is 8.94. The van der Waals surface area contributed by atoms with Crippen molar-refractivity contribution in [1.29, 1.82) is 0 Å². The second-order valence-electron chi connectivity index (χ2n) is 2.44. The van der Waals surface area contributed by atoms with Crippen LogP contribution in [0.25, 0.3) is 0 Å². The molecule has 0 amide bonds. The molecule has 0 N–H and O–H groups in total. The summed E-state index contributed by atoms with van der Waals surface area (Å²) in [6.07, 6.45) is 0. The van der Waals surface area contributed by atoms with E-state index < -0.39 is 32.1 Å². The number of rotatable bonds is 3. The number of non-ortho nitro benzene ring substituents is 1. The van der Waals surface area contributed by atoms with Gasteiger partial charge in [0.2, 0.25) is 5.82 Å². The topological polar surface area (TPSA) is 139 Å². The molecule has 0 saturated heterocycles. The Balaban J connectivity index is 0.000000494. The highest BCUT2D eigenvalue weighted by Gasteiger charge is 2.18. The third kappa shape index (κ3) is 4.98. The van der Waals surface area contributed by atoms with Gasteiger partial charge >= 0.3 is 10.8 Å². The maximum Gasteiger partial charge on any atom is 0.311 e. The van der Waals surface area contributed by atoms with Crippen molar-refractivity contribution in [3.63, 3.8) is 0 Å². The summed E-state index contributed by atoms with van der Waals surface area (Å²) in [5.41, 5.74) is -1.40. The van der Waals surface area contributed by atoms with Gasteiger partial charge in [-0.2, -0.15) is 8.78 Å². The molecule has 0 aliphatic heterocycles. The molecule has 0 radical (unpaired) electrons. The molecule has 10 nitrogen and oxygen atoms in total. The van der Waals surface area contributed by atoms with E-state index in [1.165, 1.54) is 0 Å². The summed E-state index contributed by atoms with van der Waals surface area (Å²) in [7, 11) is 0. The Bertz CT molecular complexity index is 482. The van der Waals surface area contributed by atoms with Crippen LogP contribution in [0, 0.1) is 36.2 Å². The zero-order chi connectivity index (χ0) is 14.3. The number of halogens is 2. The average molecular weight is 284 g/mol. The van der Waals surface area contributed by atoms with Crippen LogP contribution in [0.5, 0.6) is 0 Å².